The van der Waals surface area contributed by atoms with E-state index in [1.54, 1.807) is 31.7 Å². The SMILES string of the molecule is Fc1ccc(C2CCC(CCC3CCC(C4CC[CH]([RaH])CC4)CC3)CC2)cc1F. The Morgan fingerprint density at radius 3 is 1.72 bits per heavy atom. The van der Waals surface area contributed by atoms with Crippen molar-refractivity contribution in [2.45, 2.75) is 96.8 Å². The van der Waals surface area contributed by atoms with E-state index in [0.717, 1.165) is 84.9 Å². The summed E-state index contributed by atoms with van der Waals surface area (Å²) in [7, 11) is 0. The summed E-state index contributed by atoms with van der Waals surface area (Å²) in [5, 5.41) is 0. The quantitative estimate of drug-likeness (QED) is 0.315. The molecule has 3 fully saturated rings. The van der Waals surface area contributed by atoms with E-state index in [1.807, 2.05) is 0 Å². The molecule has 0 amide bonds. The molecule has 0 saturated heterocycles. The van der Waals surface area contributed by atoms with Crippen LogP contribution in [0.3, 0.4) is 0 Å². The van der Waals surface area contributed by atoms with Crippen molar-refractivity contribution >= 4 is 0 Å². The van der Waals surface area contributed by atoms with Crippen molar-refractivity contribution in [3.05, 3.63) is 35.4 Å². The third-order valence-corrected chi connectivity index (χ3v) is 13.6. The Balaban J connectivity index is 1.14. The monoisotopic (exact) mass is 614 g/mol. The number of rotatable bonds is 5. The summed E-state index contributed by atoms with van der Waals surface area (Å²) in [6.07, 6.45) is 19.9. The fourth-order valence-electron chi connectivity index (χ4n) is 6.73. The Morgan fingerprint density at radius 1 is 0.655 bits per heavy atom. The molecule has 0 aliphatic heterocycles. The van der Waals surface area contributed by atoms with Gasteiger partial charge in [0.25, 0.3) is 0 Å². The summed E-state index contributed by atoms with van der Waals surface area (Å²) in [6, 6.07) is 4.51. The summed E-state index contributed by atoms with van der Waals surface area (Å²) >= 11 is 0.752. The zero-order valence-corrected chi connectivity index (χ0v) is 26.6. The summed E-state index contributed by atoms with van der Waals surface area (Å²) in [4.78, 5) is 0. The van der Waals surface area contributed by atoms with E-state index in [-0.39, 0.29) is 0 Å². The zero-order chi connectivity index (χ0) is 20.2. The molecule has 29 heavy (non-hydrogen) atoms. The van der Waals surface area contributed by atoms with E-state index in [1.165, 1.54) is 64.5 Å². The molecule has 3 aliphatic carbocycles. The van der Waals surface area contributed by atoms with Gasteiger partial charge in [-0.25, -0.2) is 8.78 Å². The smallest absolute Gasteiger partial charge is 0.204 e. The molecule has 3 heteroatoms. The van der Waals surface area contributed by atoms with Gasteiger partial charge in [0.15, 0.2) is 11.6 Å². The molecule has 0 nitrogen and oxygen atoms in total. The normalized spacial score (nSPS) is 36.0. The van der Waals surface area contributed by atoms with Gasteiger partial charge in [-0.3, -0.25) is 0 Å². The average Bonchev–Trinajstić information content (AvgIpc) is 2.76. The number of hydrogen-bond acceptors (Lipinski definition) is 0. The van der Waals surface area contributed by atoms with E-state index >= 15 is 0 Å². The molecule has 3 aliphatic rings. The van der Waals surface area contributed by atoms with Crippen molar-refractivity contribution in [3.8, 4) is 0 Å². The van der Waals surface area contributed by atoms with Crippen LogP contribution in [0.2, 0.25) is 0.959 Å². The second-order valence-corrected chi connectivity index (χ2v) is 17.5. The summed E-state index contributed by atoms with van der Waals surface area (Å²) in [6.45, 7) is 0. The maximum atomic E-state index is 13.5. The number of hydrogen-bond donors (Lipinski definition) is 0. The van der Waals surface area contributed by atoms with E-state index in [4.69, 9.17) is 0 Å². The van der Waals surface area contributed by atoms with Crippen LogP contribution in [0.4, 0.5) is 8.78 Å². The average molecular weight is 615 g/mol. The van der Waals surface area contributed by atoms with Crippen LogP contribution in [0, 0.1) is 78.1 Å². The standard InChI is InChI=1S/C26H37F2.Ra.H/c27-25-17-16-24(18-26(25)28)23-14-10-20(11-15-23)7-6-19-8-12-22(13-9-19)21-4-2-1-3-5-21;;/h1,16-23H,2-15H2;;. The molecule has 0 heterocycles. The number of benzene rings is 1. The molecule has 1 aromatic rings. The minimum Gasteiger partial charge on any atom is -0.204 e. The molecule has 0 unspecified atom stereocenters. The van der Waals surface area contributed by atoms with Crippen LogP contribution in [-0.4, -0.2) is 0 Å². The van der Waals surface area contributed by atoms with Crippen molar-refractivity contribution in [2.24, 2.45) is 23.7 Å². The Labute approximate surface area is 205 Å². The van der Waals surface area contributed by atoms with Crippen LogP contribution in [0.1, 0.15) is 101 Å². The summed E-state index contributed by atoms with van der Waals surface area (Å²) < 4.78 is 27.9. The predicted molar refractivity (Wildman–Crippen MR) is 113 cm³/mol. The first-order valence-electron chi connectivity index (χ1n) is 12.5. The molecular formula is C26H38F2Ra. The first-order valence-corrected chi connectivity index (χ1v) is 17.3. The van der Waals surface area contributed by atoms with Crippen LogP contribution >= 0.6 is 0 Å². The molecule has 1 aromatic carbocycles. The molecular weight excluding hydrogens is 576 g/mol. The van der Waals surface area contributed by atoms with Crippen LogP contribution < -0.4 is 0 Å². The van der Waals surface area contributed by atoms with Gasteiger partial charge in [0.1, 0.15) is 0 Å². The van der Waals surface area contributed by atoms with E-state index in [0.29, 0.717) is 5.92 Å². The molecule has 0 bridgehead atoms. The zero-order valence-electron chi connectivity index (χ0n) is 18.4. The van der Waals surface area contributed by atoms with Crippen molar-refractivity contribution < 1.29 is 51.6 Å². The van der Waals surface area contributed by atoms with E-state index in [9.17, 15) is 8.78 Å². The van der Waals surface area contributed by atoms with Gasteiger partial charge in [0.2, 0.25) is 0 Å². The molecule has 0 N–H and O–H groups in total. The first kappa shape index (κ1) is 22.7. The van der Waals surface area contributed by atoms with Crippen molar-refractivity contribution in [1.82, 2.24) is 0 Å². The molecule has 158 valence electrons. The third-order valence-electron chi connectivity index (χ3n) is 8.86. The van der Waals surface area contributed by atoms with E-state index in [2.05, 4.69) is 0 Å². The van der Waals surface area contributed by atoms with Gasteiger partial charge in [0.05, 0.1) is 0 Å². The summed E-state index contributed by atoms with van der Waals surface area (Å²) in [5.41, 5.74) is 1.00. The third kappa shape index (κ3) is 6.29. The number of halogens is 2. The van der Waals surface area contributed by atoms with E-state index < -0.39 is 11.6 Å². The van der Waals surface area contributed by atoms with Gasteiger partial charge in [-0.2, -0.15) is 0 Å². The van der Waals surface area contributed by atoms with Gasteiger partial charge in [-0.1, -0.05) is 6.07 Å². The van der Waals surface area contributed by atoms with Gasteiger partial charge >= 0.3 is 144 Å². The molecule has 0 radical (unpaired) electrons. The van der Waals surface area contributed by atoms with Crippen molar-refractivity contribution in [3.63, 3.8) is 0 Å². The second-order valence-electron chi connectivity index (χ2n) is 10.8. The fraction of sp³-hybridized carbons (Fsp3) is 0.769. The summed E-state index contributed by atoms with van der Waals surface area (Å²) in [5.74, 6) is 3.00. The maximum absolute atomic E-state index is 13.5. The molecule has 3 saturated carbocycles. The minimum absolute atomic E-state index is 0.430. The Kier molecular flexibility index (Phi) is 8.56. The van der Waals surface area contributed by atoms with Gasteiger partial charge < -0.3 is 0 Å². The minimum atomic E-state index is -0.724. The first-order chi connectivity index (χ1) is 14.1. The Hall–Kier alpha value is 0.548. The Morgan fingerprint density at radius 2 is 1.17 bits per heavy atom. The molecule has 0 atom stereocenters. The predicted octanol–water partition coefficient (Wildman–Crippen LogP) is 8.09. The fourth-order valence-corrected chi connectivity index (χ4v) is 9.47. The van der Waals surface area contributed by atoms with Crippen LogP contribution in [0.5, 0.6) is 0 Å². The van der Waals surface area contributed by atoms with Gasteiger partial charge in [-0.05, 0) is 36.5 Å². The second kappa shape index (κ2) is 10.9. The van der Waals surface area contributed by atoms with Crippen LogP contribution in [0.25, 0.3) is 0 Å². The van der Waals surface area contributed by atoms with Gasteiger partial charge in [-0.15, -0.1) is 0 Å². The molecule has 4 rings (SSSR count). The topological polar surface area (TPSA) is 0 Å². The van der Waals surface area contributed by atoms with Crippen molar-refractivity contribution in [1.29, 1.82) is 0 Å². The van der Waals surface area contributed by atoms with Crippen molar-refractivity contribution in [2.75, 3.05) is 0 Å². The molecule has 0 aromatic heterocycles. The van der Waals surface area contributed by atoms with Crippen LogP contribution in [0.15, 0.2) is 18.2 Å². The van der Waals surface area contributed by atoms with Crippen LogP contribution in [-0.2, 0) is 0 Å². The van der Waals surface area contributed by atoms with Gasteiger partial charge in [0, 0.05) is 0 Å². The Bertz CT molecular complexity index is 636. The molecule has 0 spiro atoms.